The van der Waals surface area contributed by atoms with E-state index in [1.165, 1.54) is 101 Å². The van der Waals surface area contributed by atoms with Gasteiger partial charge in [0.2, 0.25) is 0 Å². The lowest BCUT2D eigenvalue weighted by molar-refractivity contribution is 0.628. The number of fused-ring (bicyclic) bond motifs is 6. The van der Waals surface area contributed by atoms with Gasteiger partial charge in [-0.3, -0.25) is 0 Å². The van der Waals surface area contributed by atoms with Crippen LogP contribution < -0.4 is 0 Å². The summed E-state index contributed by atoms with van der Waals surface area (Å²) < 4.78 is 19.6. The van der Waals surface area contributed by atoms with Crippen LogP contribution >= 0.6 is 0 Å². The van der Waals surface area contributed by atoms with E-state index in [4.69, 9.17) is 0 Å². The maximum absolute atomic E-state index is 14.9. The van der Waals surface area contributed by atoms with Crippen LogP contribution in [0.4, 0.5) is 4.39 Å². The van der Waals surface area contributed by atoms with Crippen molar-refractivity contribution in [2.24, 2.45) is 0 Å². The quantitative estimate of drug-likeness (QED) is 0.157. The topological polar surface area (TPSA) is 33.6 Å². The molecule has 0 saturated heterocycles. The van der Waals surface area contributed by atoms with Gasteiger partial charge in [0, 0.05) is 21.5 Å². The van der Waals surface area contributed by atoms with E-state index in [1.807, 2.05) is 12.1 Å². The fourth-order valence-electron chi connectivity index (χ4n) is 13.6. The molecule has 0 aliphatic carbocycles. The number of halogens is 1. The first kappa shape index (κ1) is 49.1. The third-order valence-electron chi connectivity index (χ3n) is 16.3. The number of benzene rings is 10. The molecule has 376 valence electrons. The number of rotatable bonds is 7. The maximum atomic E-state index is 14.9. The molecule has 77 heavy (non-hydrogen) atoms. The molecule has 4 heteroatoms. The van der Waals surface area contributed by atoms with Gasteiger partial charge in [-0.15, -0.1) is 0 Å². The predicted octanol–water partition coefficient (Wildman–Crippen LogP) is 19.9. The minimum absolute atomic E-state index is 0.305. The third kappa shape index (κ3) is 8.16. The second-order valence-electron chi connectivity index (χ2n) is 22.2. The molecule has 0 N–H and O–H groups in total. The normalized spacial score (nSPS) is 11.7. The Balaban J connectivity index is 1.22. The van der Waals surface area contributed by atoms with Crippen molar-refractivity contribution in [2.75, 3.05) is 0 Å². The molecule has 0 saturated carbocycles. The highest BCUT2D eigenvalue weighted by Crippen LogP contribution is 2.45. The lowest BCUT2D eigenvalue weighted by atomic mass is 9.92. The minimum Gasteiger partial charge on any atom is -0.308 e. The Morgan fingerprint density at radius 3 is 0.922 bits per heavy atom. The van der Waals surface area contributed by atoms with Crippen molar-refractivity contribution < 1.29 is 4.39 Å². The molecule has 0 radical (unpaired) electrons. The Bertz CT molecular complexity index is 4180. The molecule has 2 aromatic heterocycles. The van der Waals surface area contributed by atoms with E-state index in [2.05, 4.69) is 232 Å². The fourth-order valence-corrected chi connectivity index (χ4v) is 13.6. The number of hydrogen-bond donors (Lipinski definition) is 0. The van der Waals surface area contributed by atoms with Crippen molar-refractivity contribution in [1.29, 1.82) is 5.26 Å². The first-order valence-electron chi connectivity index (χ1n) is 26.8. The lowest BCUT2D eigenvalue weighted by Gasteiger charge is -2.19. The van der Waals surface area contributed by atoms with Crippen molar-refractivity contribution in [3.8, 4) is 73.1 Å². The van der Waals surface area contributed by atoms with Gasteiger partial charge in [-0.05, 0) is 244 Å². The standard InChI is InChI=1S/C73H62FN3/c1-40-25-44(5)70(45(6)26-40)53-17-23-64-61(33-53)59-21-15-55(72-48(9)29-42(3)30-49(72)10)35-66(59)76(64)68-37-57(52-13-19-58(74)20-14-52)38-69(63(68)39-75)77-65-24-18-54(71-46(7)27-41(2)28-47(71)8)34-62(65)60-22-16-56(36-67(60)77)73-50(11)31-43(4)32-51(73)12/h13-38H,1-12H3. The molecule has 0 aliphatic heterocycles. The Morgan fingerprint density at radius 1 is 0.299 bits per heavy atom. The van der Waals surface area contributed by atoms with Gasteiger partial charge in [0.25, 0.3) is 0 Å². The summed E-state index contributed by atoms with van der Waals surface area (Å²) in [7, 11) is 0. The molecule has 2 heterocycles. The average Bonchev–Trinajstić information content (AvgIpc) is 4.10. The van der Waals surface area contributed by atoms with Gasteiger partial charge in [0.1, 0.15) is 17.4 Å². The van der Waals surface area contributed by atoms with Crippen LogP contribution in [-0.2, 0) is 0 Å². The van der Waals surface area contributed by atoms with Crippen LogP contribution in [0.1, 0.15) is 72.3 Å². The number of nitrogens with zero attached hydrogens (tertiary/aromatic N) is 3. The molecule has 0 spiro atoms. The Kier molecular flexibility index (Phi) is 11.8. The first-order valence-corrected chi connectivity index (χ1v) is 26.8. The third-order valence-corrected chi connectivity index (χ3v) is 16.3. The summed E-state index contributed by atoms with van der Waals surface area (Å²) in [6, 6.07) is 59.4. The molecule has 0 amide bonds. The number of aromatic nitrogens is 2. The van der Waals surface area contributed by atoms with E-state index in [-0.39, 0.29) is 5.82 Å². The highest BCUT2D eigenvalue weighted by Gasteiger charge is 2.25. The van der Waals surface area contributed by atoms with Crippen LogP contribution in [-0.4, -0.2) is 9.13 Å². The van der Waals surface area contributed by atoms with Crippen LogP contribution in [0.15, 0.2) is 158 Å². The van der Waals surface area contributed by atoms with Crippen LogP contribution in [0.3, 0.4) is 0 Å². The van der Waals surface area contributed by atoms with E-state index in [0.717, 1.165) is 88.4 Å². The van der Waals surface area contributed by atoms with Crippen molar-refractivity contribution in [2.45, 2.75) is 83.1 Å². The predicted molar refractivity (Wildman–Crippen MR) is 324 cm³/mol. The van der Waals surface area contributed by atoms with E-state index in [0.29, 0.717) is 5.56 Å². The molecule has 3 nitrogen and oxygen atoms in total. The largest absolute Gasteiger partial charge is 0.308 e. The molecule has 0 unspecified atom stereocenters. The SMILES string of the molecule is Cc1cc(C)c(-c2ccc3c(c2)c2ccc(-c4c(C)cc(C)cc4C)cc2n3-c2cc(-c3ccc(F)cc3)cc(-n3c4ccc(-c5c(C)cc(C)cc5C)cc4c4ccc(-c5c(C)cc(C)cc5C)cc43)c2C#N)c(C)c1. The lowest BCUT2D eigenvalue weighted by Crippen LogP contribution is -2.05. The molecule has 0 fully saturated rings. The van der Waals surface area contributed by atoms with Gasteiger partial charge >= 0.3 is 0 Å². The summed E-state index contributed by atoms with van der Waals surface area (Å²) >= 11 is 0. The van der Waals surface area contributed by atoms with Crippen LogP contribution in [0.5, 0.6) is 0 Å². The van der Waals surface area contributed by atoms with Gasteiger partial charge in [0.05, 0.1) is 33.4 Å². The number of nitriles is 1. The van der Waals surface area contributed by atoms with Gasteiger partial charge in [-0.1, -0.05) is 119 Å². The van der Waals surface area contributed by atoms with E-state index in [9.17, 15) is 9.65 Å². The van der Waals surface area contributed by atoms with Crippen molar-refractivity contribution >= 4 is 43.6 Å². The molecule has 0 atom stereocenters. The first-order chi connectivity index (χ1) is 37.0. The zero-order chi connectivity index (χ0) is 53.9. The zero-order valence-electron chi connectivity index (χ0n) is 46.2. The molecule has 0 bridgehead atoms. The van der Waals surface area contributed by atoms with E-state index in [1.54, 1.807) is 0 Å². The Morgan fingerprint density at radius 2 is 0.597 bits per heavy atom. The summed E-state index contributed by atoms with van der Waals surface area (Å²) in [6.45, 7) is 26.2. The molecular weight excluding hydrogens is 938 g/mol. The monoisotopic (exact) mass is 999 g/mol. The minimum atomic E-state index is -0.305. The smallest absolute Gasteiger partial charge is 0.123 e. The summed E-state index contributed by atoms with van der Waals surface area (Å²) in [5, 5.41) is 16.4. The molecule has 12 rings (SSSR count). The highest BCUT2D eigenvalue weighted by molar-refractivity contribution is 6.14. The highest BCUT2D eigenvalue weighted by atomic mass is 19.1. The van der Waals surface area contributed by atoms with Crippen molar-refractivity contribution in [3.05, 3.63) is 236 Å². The second-order valence-corrected chi connectivity index (χ2v) is 22.2. The number of aryl methyl sites for hydroxylation is 12. The van der Waals surface area contributed by atoms with Gasteiger partial charge in [-0.2, -0.15) is 5.26 Å². The average molecular weight is 1000 g/mol. The molecule has 12 aromatic rings. The van der Waals surface area contributed by atoms with E-state index < -0.39 is 0 Å². The summed E-state index contributed by atoms with van der Waals surface area (Å²) in [5.74, 6) is -0.305. The summed E-state index contributed by atoms with van der Waals surface area (Å²) in [5.41, 5.74) is 31.9. The summed E-state index contributed by atoms with van der Waals surface area (Å²) in [4.78, 5) is 0. The zero-order valence-corrected chi connectivity index (χ0v) is 46.2. The molecular formula is C73H62FN3. The summed E-state index contributed by atoms with van der Waals surface area (Å²) in [6.07, 6.45) is 0. The number of hydrogen-bond acceptors (Lipinski definition) is 1. The second kappa shape index (κ2) is 18.5. The molecule has 10 aromatic carbocycles. The van der Waals surface area contributed by atoms with Crippen LogP contribution in [0, 0.1) is 100 Å². The Labute approximate surface area is 452 Å². The van der Waals surface area contributed by atoms with Gasteiger partial charge < -0.3 is 9.13 Å². The van der Waals surface area contributed by atoms with Crippen molar-refractivity contribution in [3.63, 3.8) is 0 Å². The van der Waals surface area contributed by atoms with Gasteiger partial charge in [-0.25, -0.2) is 4.39 Å². The van der Waals surface area contributed by atoms with E-state index >= 15 is 0 Å². The van der Waals surface area contributed by atoms with Crippen LogP contribution in [0.25, 0.3) is 111 Å². The van der Waals surface area contributed by atoms with Gasteiger partial charge in [0.15, 0.2) is 0 Å². The van der Waals surface area contributed by atoms with Crippen molar-refractivity contribution in [1.82, 2.24) is 9.13 Å². The molecule has 0 aliphatic rings. The Hall–Kier alpha value is -8.78. The fraction of sp³-hybridized carbons (Fsp3) is 0.164. The van der Waals surface area contributed by atoms with Crippen LogP contribution in [0.2, 0.25) is 0 Å². The maximum Gasteiger partial charge on any atom is 0.123 e.